The highest BCUT2D eigenvalue weighted by molar-refractivity contribution is 6.01. The Balaban J connectivity index is 2.42. The van der Waals surface area contributed by atoms with Gasteiger partial charge in [0.2, 0.25) is 0 Å². The molecule has 19 heavy (non-hydrogen) atoms. The molecule has 0 bridgehead atoms. The van der Waals surface area contributed by atoms with E-state index in [1.165, 1.54) is 13.2 Å². The predicted octanol–water partition coefficient (Wildman–Crippen LogP) is 1.25. The van der Waals surface area contributed by atoms with Crippen LogP contribution < -0.4 is 0 Å². The van der Waals surface area contributed by atoms with E-state index in [1.807, 2.05) is 0 Å². The lowest BCUT2D eigenvalue weighted by Gasteiger charge is -2.26. The van der Waals surface area contributed by atoms with Crippen molar-refractivity contribution >= 4 is 11.9 Å². The second-order valence-electron chi connectivity index (χ2n) is 4.17. The molecule has 2 atom stereocenters. The van der Waals surface area contributed by atoms with Gasteiger partial charge in [0, 0.05) is 11.1 Å². The first-order chi connectivity index (χ1) is 9.11. The van der Waals surface area contributed by atoms with E-state index in [0.29, 0.717) is 11.1 Å². The molecule has 1 aliphatic heterocycles. The number of rotatable bonds is 3. The average molecular weight is 261 g/mol. The van der Waals surface area contributed by atoms with E-state index >= 15 is 0 Å². The fourth-order valence-corrected chi connectivity index (χ4v) is 2.18. The van der Waals surface area contributed by atoms with Crippen LogP contribution in [-0.2, 0) is 9.53 Å². The Hall–Kier alpha value is -2.14. The topological polar surface area (TPSA) is 66.8 Å². The standard InChI is InChI=1S/C14H15NO4/c1-3-6-11(14(18)19-2)15-12(16)9-7-4-5-8-10(9)13(15)17/h3-8,11-12,16H,1-2H3/b6-3+/t11-,12?/m0/s1. The van der Waals surface area contributed by atoms with Gasteiger partial charge < -0.3 is 9.84 Å². The minimum absolute atomic E-state index is 0.378. The van der Waals surface area contributed by atoms with Crippen LogP contribution >= 0.6 is 0 Å². The molecule has 0 fully saturated rings. The van der Waals surface area contributed by atoms with E-state index in [-0.39, 0.29) is 5.91 Å². The molecule has 0 saturated carbocycles. The van der Waals surface area contributed by atoms with Crippen LogP contribution in [0, 0.1) is 0 Å². The molecular formula is C14H15NO4. The Morgan fingerprint density at radius 1 is 1.47 bits per heavy atom. The molecule has 5 nitrogen and oxygen atoms in total. The predicted molar refractivity (Wildman–Crippen MR) is 68.2 cm³/mol. The van der Waals surface area contributed by atoms with E-state index in [2.05, 4.69) is 4.74 Å². The molecule has 1 aliphatic rings. The van der Waals surface area contributed by atoms with Gasteiger partial charge in [0.15, 0.2) is 12.3 Å². The number of fused-ring (bicyclic) bond motifs is 1. The lowest BCUT2D eigenvalue weighted by atomic mass is 10.1. The molecular weight excluding hydrogens is 246 g/mol. The number of benzene rings is 1. The van der Waals surface area contributed by atoms with Gasteiger partial charge in [-0.15, -0.1) is 0 Å². The van der Waals surface area contributed by atoms with Crippen molar-refractivity contribution in [1.29, 1.82) is 0 Å². The number of methoxy groups -OCH3 is 1. The SMILES string of the molecule is C/C=C/[C@@H](C(=O)OC)N1C(=O)c2ccccc2C1O. The number of aliphatic hydroxyl groups excluding tert-OH is 1. The lowest BCUT2D eigenvalue weighted by molar-refractivity contribution is -0.147. The molecule has 1 N–H and O–H groups in total. The molecule has 1 heterocycles. The summed E-state index contributed by atoms with van der Waals surface area (Å²) in [6.45, 7) is 1.73. The first-order valence-corrected chi connectivity index (χ1v) is 5.92. The van der Waals surface area contributed by atoms with Crippen molar-refractivity contribution in [2.24, 2.45) is 0 Å². The number of carbonyl (C=O) groups is 2. The maximum atomic E-state index is 12.3. The summed E-state index contributed by atoms with van der Waals surface area (Å²) < 4.78 is 4.68. The summed E-state index contributed by atoms with van der Waals surface area (Å²) in [5.74, 6) is -0.963. The molecule has 2 rings (SSSR count). The van der Waals surface area contributed by atoms with Gasteiger partial charge in [-0.1, -0.05) is 30.4 Å². The minimum atomic E-state index is -1.14. The highest BCUT2D eigenvalue weighted by Crippen LogP contribution is 2.33. The third-order valence-corrected chi connectivity index (χ3v) is 3.08. The van der Waals surface area contributed by atoms with Crippen LogP contribution in [0.5, 0.6) is 0 Å². The van der Waals surface area contributed by atoms with Crippen molar-refractivity contribution in [3.8, 4) is 0 Å². The number of aliphatic hydroxyl groups is 1. The molecule has 100 valence electrons. The van der Waals surface area contributed by atoms with Gasteiger partial charge in [-0.05, 0) is 13.0 Å². The molecule has 1 aromatic rings. The van der Waals surface area contributed by atoms with Gasteiger partial charge in [0.05, 0.1) is 7.11 Å². The summed E-state index contributed by atoms with van der Waals surface area (Å²) in [6, 6.07) is 5.83. The first-order valence-electron chi connectivity index (χ1n) is 5.92. The Kier molecular flexibility index (Phi) is 3.66. The number of ether oxygens (including phenoxy) is 1. The largest absolute Gasteiger partial charge is 0.467 e. The lowest BCUT2D eigenvalue weighted by Crippen LogP contribution is -2.42. The highest BCUT2D eigenvalue weighted by Gasteiger charge is 2.41. The van der Waals surface area contributed by atoms with Crippen LogP contribution in [0.25, 0.3) is 0 Å². The van der Waals surface area contributed by atoms with Crippen molar-refractivity contribution in [2.75, 3.05) is 7.11 Å². The molecule has 1 amide bonds. The maximum Gasteiger partial charge on any atom is 0.332 e. The molecule has 0 aromatic heterocycles. The van der Waals surface area contributed by atoms with E-state index in [0.717, 1.165) is 4.90 Å². The van der Waals surface area contributed by atoms with Gasteiger partial charge in [-0.25, -0.2) is 4.79 Å². The minimum Gasteiger partial charge on any atom is -0.467 e. The molecule has 1 unspecified atom stereocenters. The summed E-state index contributed by atoms with van der Waals surface area (Å²) in [7, 11) is 1.25. The van der Waals surface area contributed by atoms with Crippen LogP contribution in [0.1, 0.15) is 29.1 Å². The summed E-state index contributed by atoms with van der Waals surface area (Å²) in [6.07, 6.45) is 2.03. The van der Waals surface area contributed by atoms with E-state index < -0.39 is 18.2 Å². The van der Waals surface area contributed by atoms with Crippen LogP contribution in [0.4, 0.5) is 0 Å². The number of esters is 1. The molecule has 0 radical (unpaired) electrons. The summed E-state index contributed by atoms with van der Waals surface area (Å²) in [5.41, 5.74) is 0.916. The van der Waals surface area contributed by atoms with Gasteiger partial charge >= 0.3 is 5.97 Å². The van der Waals surface area contributed by atoms with Crippen molar-refractivity contribution in [3.63, 3.8) is 0 Å². The fraction of sp³-hybridized carbons (Fsp3) is 0.286. The van der Waals surface area contributed by atoms with Crippen LogP contribution in [0.15, 0.2) is 36.4 Å². The van der Waals surface area contributed by atoms with Crippen LogP contribution in [-0.4, -0.2) is 35.0 Å². The number of nitrogens with zero attached hydrogens (tertiary/aromatic N) is 1. The molecule has 0 spiro atoms. The number of allylic oxidation sites excluding steroid dienone is 1. The zero-order valence-electron chi connectivity index (χ0n) is 10.7. The summed E-state index contributed by atoms with van der Waals surface area (Å²) in [4.78, 5) is 25.1. The van der Waals surface area contributed by atoms with Crippen molar-refractivity contribution in [2.45, 2.75) is 19.2 Å². The zero-order chi connectivity index (χ0) is 14.0. The Morgan fingerprint density at radius 2 is 2.16 bits per heavy atom. The van der Waals surface area contributed by atoms with E-state index in [4.69, 9.17) is 0 Å². The second kappa shape index (κ2) is 5.24. The van der Waals surface area contributed by atoms with Crippen molar-refractivity contribution < 1.29 is 19.4 Å². The van der Waals surface area contributed by atoms with Crippen LogP contribution in [0.2, 0.25) is 0 Å². The quantitative estimate of drug-likeness (QED) is 0.657. The third kappa shape index (κ3) is 2.13. The number of hydrogen-bond donors (Lipinski definition) is 1. The number of hydrogen-bond acceptors (Lipinski definition) is 4. The molecule has 1 aromatic carbocycles. The summed E-state index contributed by atoms with van der Waals surface area (Å²) >= 11 is 0. The summed E-state index contributed by atoms with van der Waals surface area (Å²) in [5, 5.41) is 10.2. The zero-order valence-corrected chi connectivity index (χ0v) is 10.7. The van der Waals surface area contributed by atoms with E-state index in [9.17, 15) is 14.7 Å². The van der Waals surface area contributed by atoms with Crippen molar-refractivity contribution in [1.82, 2.24) is 4.90 Å². The molecule has 0 aliphatic carbocycles. The van der Waals surface area contributed by atoms with Gasteiger partial charge in [-0.2, -0.15) is 0 Å². The normalized spacial score (nSPS) is 19.6. The van der Waals surface area contributed by atoms with E-state index in [1.54, 1.807) is 37.3 Å². The molecule has 0 saturated heterocycles. The maximum absolute atomic E-state index is 12.3. The fourth-order valence-electron chi connectivity index (χ4n) is 2.18. The Labute approximate surface area is 111 Å². The first kappa shape index (κ1) is 13.3. The second-order valence-corrected chi connectivity index (χ2v) is 4.17. The monoisotopic (exact) mass is 261 g/mol. The van der Waals surface area contributed by atoms with Gasteiger partial charge in [-0.3, -0.25) is 9.69 Å². The van der Waals surface area contributed by atoms with Gasteiger partial charge in [0.1, 0.15) is 0 Å². The Bertz CT molecular complexity index is 538. The van der Waals surface area contributed by atoms with Gasteiger partial charge in [0.25, 0.3) is 5.91 Å². The van der Waals surface area contributed by atoms with Crippen LogP contribution in [0.3, 0.4) is 0 Å². The average Bonchev–Trinajstić information content (AvgIpc) is 2.68. The number of carbonyl (C=O) groups excluding carboxylic acids is 2. The number of amides is 1. The smallest absolute Gasteiger partial charge is 0.332 e. The Morgan fingerprint density at radius 3 is 2.74 bits per heavy atom. The molecule has 5 heteroatoms. The van der Waals surface area contributed by atoms with Crippen molar-refractivity contribution in [3.05, 3.63) is 47.5 Å². The highest BCUT2D eigenvalue weighted by atomic mass is 16.5. The third-order valence-electron chi connectivity index (χ3n) is 3.08.